The number of carbonyl (C=O) groups excluding carboxylic acids is 1. The summed E-state index contributed by atoms with van der Waals surface area (Å²) >= 11 is 1.48. The molecule has 2 fully saturated rings. The Morgan fingerprint density at radius 3 is 2.45 bits per heavy atom. The number of carbonyl (C=O) groups is 1. The normalized spacial score (nSPS) is 18.1. The third kappa shape index (κ3) is 4.22. The van der Waals surface area contributed by atoms with E-state index in [-0.39, 0.29) is 11.2 Å². The first-order valence-corrected chi connectivity index (χ1v) is 11.4. The Hall–Kier alpha value is -2.22. The Kier molecular flexibility index (Phi) is 6.28. The zero-order valence-electron chi connectivity index (χ0n) is 17.2. The lowest BCUT2D eigenvalue weighted by molar-refractivity contribution is -0.129. The maximum Gasteiger partial charge on any atom is 0.235 e. The van der Waals surface area contributed by atoms with Gasteiger partial charge in [0, 0.05) is 26.2 Å². The van der Waals surface area contributed by atoms with Crippen molar-refractivity contribution in [3.05, 3.63) is 24.3 Å². The Morgan fingerprint density at radius 2 is 1.72 bits per heavy atom. The number of ether oxygens (including phenoxy) is 1. The van der Waals surface area contributed by atoms with Gasteiger partial charge in [0.25, 0.3) is 0 Å². The maximum atomic E-state index is 12.8. The molecule has 156 valence electrons. The first kappa shape index (κ1) is 20.1. The predicted octanol–water partition coefficient (Wildman–Crippen LogP) is 3.37. The van der Waals surface area contributed by atoms with Gasteiger partial charge in [0.05, 0.1) is 18.0 Å². The number of hydrogen-bond acceptors (Lipinski definition) is 6. The van der Waals surface area contributed by atoms with Crippen molar-refractivity contribution in [2.45, 2.75) is 49.4 Å². The van der Waals surface area contributed by atoms with Gasteiger partial charge in [-0.25, -0.2) is 0 Å². The van der Waals surface area contributed by atoms with Gasteiger partial charge in [-0.1, -0.05) is 23.9 Å². The molecule has 1 aromatic heterocycles. The quantitative estimate of drug-likeness (QED) is 0.674. The molecule has 0 radical (unpaired) electrons. The Balaban J connectivity index is 1.68. The van der Waals surface area contributed by atoms with Crippen LogP contribution >= 0.6 is 11.8 Å². The van der Waals surface area contributed by atoms with E-state index in [1.54, 1.807) is 7.11 Å². The Bertz CT molecular complexity index is 843. The average Bonchev–Trinajstić information content (AvgIpc) is 3.44. The highest BCUT2D eigenvalue weighted by molar-refractivity contribution is 8.00. The molecular formula is C21H29N5O2S. The fourth-order valence-corrected chi connectivity index (χ4v) is 5.01. The standard InChI is InChI=1S/C21H29N5O2S/c1-16(19(27)24-12-8-9-13-24)29-21-23-22-20(25-14-6-3-7-15-25)26(21)17-10-4-5-11-18(17)28-2/h4-5,10-11,16H,3,6-9,12-15H2,1-2H3. The molecule has 0 spiro atoms. The van der Waals surface area contributed by atoms with Crippen molar-refractivity contribution < 1.29 is 9.53 Å². The first-order valence-electron chi connectivity index (χ1n) is 10.5. The molecule has 1 aromatic carbocycles. The summed E-state index contributed by atoms with van der Waals surface area (Å²) in [6.07, 6.45) is 5.76. The van der Waals surface area contributed by atoms with Crippen LogP contribution in [0.25, 0.3) is 5.69 Å². The second kappa shape index (κ2) is 9.07. The largest absolute Gasteiger partial charge is 0.495 e. The Morgan fingerprint density at radius 1 is 1.03 bits per heavy atom. The van der Waals surface area contributed by atoms with Crippen LogP contribution in [0.5, 0.6) is 5.75 Å². The SMILES string of the molecule is COc1ccccc1-n1c(SC(C)C(=O)N2CCCC2)nnc1N1CCCCC1. The minimum absolute atomic E-state index is 0.182. The molecule has 0 bridgehead atoms. The molecule has 0 saturated carbocycles. The van der Waals surface area contributed by atoms with Gasteiger partial charge in [-0.15, -0.1) is 10.2 Å². The summed E-state index contributed by atoms with van der Waals surface area (Å²) in [7, 11) is 1.68. The van der Waals surface area contributed by atoms with Gasteiger partial charge in [-0.2, -0.15) is 0 Å². The monoisotopic (exact) mass is 415 g/mol. The molecule has 2 aromatic rings. The van der Waals surface area contributed by atoms with E-state index >= 15 is 0 Å². The average molecular weight is 416 g/mol. The zero-order chi connectivity index (χ0) is 20.2. The number of para-hydroxylation sites is 2. The topological polar surface area (TPSA) is 63.5 Å². The molecule has 0 N–H and O–H groups in total. The third-order valence-corrected chi connectivity index (χ3v) is 6.66. The summed E-state index contributed by atoms with van der Waals surface area (Å²) in [5.41, 5.74) is 0.906. The molecule has 1 unspecified atom stereocenters. The summed E-state index contributed by atoms with van der Waals surface area (Å²) in [5.74, 6) is 1.78. The number of piperidine rings is 1. The predicted molar refractivity (Wildman–Crippen MR) is 115 cm³/mol. The number of rotatable bonds is 6. The number of hydrogen-bond donors (Lipinski definition) is 0. The van der Waals surface area contributed by atoms with Gasteiger partial charge in [-0.05, 0) is 51.2 Å². The van der Waals surface area contributed by atoms with E-state index in [9.17, 15) is 4.79 Å². The lowest BCUT2D eigenvalue weighted by Gasteiger charge is -2.28. The van der Waals surface area contributed by atoms with Gasteiger partial charge >= 0.3 is 0 Å². The fraction of sp³-hybridized carbons (Fsp3) is 0.571. The Labute approximate surface area is 176 Å². The molecule has 7 nitrogen and oxygen atoms in total. The zero-order valence-corrected chi connectivity index (χ0v) is 18.0. The second-order valence-electron chi connectivity index (χ2n) is 7.63. The summed E-state index contributed by atoms with van der Waals surface area (Å²) in [6.45, 7) is 5.64. The molecule has 4 rings (SSSR count). The van der Waals surface area contributed by atoms with Crippen LogP contribution in [0.1, 0.15) is 39.0 Å². The minimum atomic E-state index is -0.208. The van der Waals surface area contributed by atoms with Gasteiger partial charge in [-0.3, -0.25) is 9.36 Å². The summed E-state index contributed by atoms with van der Waals surface area (Å²) in [5, 5.41) is 9.56. The number of amides is 1. The van der Waals surface area contributed by atoms with Crippen molar-refractivity contribution in [2.75, 3.05) is 38.2 Å². The van der Waals surface area contributed by atoms with Crippen LogP contribution in [-0.2, 0) is 4.79 Å². The molecule has 3 heterocycles. The minimum Gasteiger partial charge on any atom is -0.495 e. The maximum absolute atomic E-state index is 12.8. The molecule has 29 heavy (non-hydrogen) atoms. The molecule has 1 amide bonds. The number of likely N-dealkylation sites (tertiary alicyclic amines) is 1. The first-order chi connectivity index (χ1) is 14.2. The number of benzene rings is 1. The number of anilines is 1. The number of methoxy groups -OCH3 is 1. The lowest BCUT2D eigenvalue weighted by Crippen LogP contribution is -2.34. The van der Waals surface area contributed by atoms with E-state index in [0.29, 0.717) is 0 Å². The van der Waals surface area contributed by atoms with Crippen LogP contribution < -0.4 is 9.64 Å². The highest BCUT2D eigenvalue weighted by Crippen LogP contribution is 2.34. The fourth-order valence-electron chi connectivity index (χ4n) is 4.07. The molecule has 1 atom stereocenters. The van der Waals surface area contributed by atoms with Gasteiger partial charge in [0.2, 0.25) is 11.9 Å². The van der Waals surface area contributed by atoms with E-state index in [1.807, 2.05) is 36.1 Å². The summed E-state index contributed by atoms with van der Waals surface area (Å²) in [4.78, 5) is 17.1. The van der Waals surface area contributed by atoms with E-state index in [2.05, 4.69) is 19.7 Å². The van der Waals surface area contributed by atoms with Crippen molar-refractivity contribution in [3.8, 4) is 11.4 Å². The highest BCUT2D eigenvalue weighted by atomic mass is 32.2. The van der Waals surface area contributed by atoms with E-state index in [0.717, 1.165) is 74.4 Å². The van der Waals surface area contributed by atoms with Crippen LogP contribution in [0.2, 0.25) is 0 Å². The van der Waals surface area contributed by atoms with Crippen LogP contribution in [0.3, 0.4) is 0 Å². The molecule has 8 heteroatoms. The summed E-state index contributed by atoms with van der Waals surface area (Å²) in [6, 6.07) is 7.92. The number of nitrogens with zero attached hydrogens (tertiary/aromatic N) is 5. The molecule has 2 saturated heterocycles. The molecular weight excluding hydrogens is 386 g/mol. The van der Waals surface area contributed by atoms with E-state index < -0.39 is 0 Å². The molecule has 0 aliphatic carbocycles. The van der Waals surface area contributed by atoms with E-state index in [1.165, 1.54) is 18.2 Å². The smallest absolute Gasteiger partial charge is 0.235 e. The van der Waals surface area contributed by atoms with Gasteiger partial charge in [0.1, 0.15) is 5.75 Å². The van der Waals surface area contributed by atoms with Crippen LogP contribution in [-0.4, -0.2) is 64.1 Å². The van der Waals surface area contributed by atoms with Crippen LogP contribution in [0.4, 0.5) is 5.95 Å². The number of aromatic nitrogens is 3. The lowest BCUT2D eigenvalue weighted by atomic mass is 10.1. The second-order valence-corrected chi connectivity index (χ2v) is 8.94. The van der Waals surface area contributed by atoms with Gasteiger partial charge in [0.15, 0.2) is 5.16 Å². The molecule has 2 aliphatic heterocycles. The van der Waals surface area contributed by atoms with Gasteiger partial charge < -0.3 is 14.5 Å². The van der Waals surface area contributed by atoms with Crippen molar-refractivity contribution in [1.29, 1.82) is 0 Å². The number of thioether (sulfide) groups is 1. The van der Waals surface area contributed by atoms with Crippen LogP contribution in [0.15, 0.2) is 29.4 Å². The third-order valence-electron chi connectivity index (χ3n) is 5.63. The van der Waals surface area contributed by atoms with Crippen LogP contribution in [0, 0.1) is 0 Å². The molecule has 2 aliphatic rings. The van der Waals surface area contributed by atoms with E-state index in [4.69, 9.17) is 4.74 Å². The van der Waals surface area contributed by atoms with Crippen molar-refractivity contribution in [1.82, 2.24) is 19.7 Å². The van der Waals surface area contributed by atoms with Crippen molar-refractivity contribution >= 4 is 23.6 Å². The highest BCUT2D eigenvalue weighted by Gasteiger charge is 2.28. The van der Waals surface area contributed by atoms with Crippen molar-refractivity contribution in [3.63, 3.8) is 0 Å². The summed E-state index contributed by atoms with van der Waals surface area (Å²) < 4.78 is 7.68. The van der Waals surface area contributed by atoms with Crippen molar-refractivity contribution in [2.24, 2.45) is 0 Å².